The topological polar surface area (TPSA) is 61.2 Å². The molecule has 0 bridgehead atoms. The molecule has 2 atom stereocenters. The van der Waals surface area contributed by atoms with Gasteiger partial charge in [0.05, 0.1) is 12.0 Å². The van der Waals surface area contributed by atoms with Gasteiger partial charge in [-0.05, 0) is 6.08 Å². The standard InChI is InChI=1S/C9H10N2O2/c1-2-9(13)11-4-7(3-10)8(5-11)6-12/h2,6-8H,1,4-5H2. The molecule has 13 heavy (non-hydrogen) atoms. The largest absolute Gasteiger partial charge is 0.337 e. The molecule has 2 unspecified atom stereocenters. The number of likely N-dealkylation sites (tertiary alicyclic amines) is 1. The number of aldehydes is 1. The summed E-state index contributed by atoms with van der Waals surface area (Å²) in [5, 5.41) is 8.67. The second-order valence-electron chi connectivity index (χ2n) is 2.98. The molecule has 1 heterocycles. The van der Waals surface area contributed by atoms with Crippen molar-refractivity contribution in [3.8, 4) is 6.07 Å². The molecule has 0 aromatic rings. The second kappa shape index (κ2) is 3.85. The minimum Gasteiger partial charge on any atom is -0.337 e. The van der Waals surface area contributed by atoms with Gasteiger partial charge in [0.1, 0.15) is 6.29 Å². The van der Waals surface area contributed by atoms with Gasteiger partial charge in [-0.2, -0.15) is 5.26 Å². The third-order valence-corrected chi connectivity index (χ3v) is 2.19. The smallest absolute Gasteiger partial charge is 0.246 e. The highest BCUT2D eigenvalue weighted by Crippen LogP contribution is 2.20. The number of rotatable bonds is 2. The molecule has 0 spiro atoms. The van der Waals surface area contributed by atoms with Gasteiger partial charge < -0.3 is 9.69 Å². The molecule has 0 aromatic carbocycles. The van der Waals surface area contributed by atoms with Crippen LogP contribution in [0.5, 0.6) is 0 Å². The van der Waals surface area contributed by atoms with E-state index in [2.05, 4.69) is 6.58 Å². The van der Waals surface area contributed by atoms with Crippen molar-refractivity contribution in [3.05, 3.63) is 12.7 Å². The Kier molecular flexibility index (Phi) is 2.80. The van der Waals surface area contributed by atoms with Crippen LogP contribution in [0.1, 0.15) is 0 Å². The monoisotopic (exact) mass is 178 g/mol. The van der Waals surface area contributed by atoms with Crippen LogP contribution >= 0.6 is 0 Å². The summed E-state index contributed by atoms with van der Waals surface area (Å²) < 4.78 is 0. The fourth-order valence-electron chi connectivity index (χ4n) is 1.41. The van der Waals surface area contributed by atoms with Crippen molar-refractivity contribution < 1.29 is 9.59 Å². The van der Waals surface area contributed by atoms with Gasteiger partial charge in [0, 0.05) is 19.0 Å². The van der Waals surface area contributed by atoms with Crippen molar-refractivity contribution in [3.63, 3.8) is 0 Å². The normalized spacial score (nSPS) is 26.5. The summed E-state index contributed by atoms with van der Waals surface area (Å²) in [6.45, 7) is 4.02. The van der Waals surface area contributed by atoms with Crippen LogP contribution in [0.4, 0.5) is 0 Å². The maximum Gasteiger partial charge on any atom is 0.246 e. The maximum atomic E-state index is 11.1. The summed E-state index contributed by atoms with van der Waals surface area (Å²) in [6, 6.07) is 2.01. The van der Waals surface area contributed by atoms with Crippen molar-refractivity contribution in [1.82, 2.24) is 4.90 Å². The molecular weight excluding hydrogens is 168 g/mol. The molecule has 1 aliphatic rings. The molecular formula is C9H10N2O2. The van der Waals surface area contributed by atoms with E-state index in [1.54, 1.807) is 0 Å². The summed E-state index contributed by atoms with van der Waals surface area (Å²) in [5.41, 5.74) is 0. The van der Waals surface area contributed by atoms with Crippen LogP contribution in [0, 0.1) is 23.2 Å². The second-order valence-corrected chi connectivity index (χ2v) is 2.98. The number of carbonyl (C=O) groups excluding carboxylic acids is 2. The summed E-state index contributed by atoms with van der Waals surface area (Å²) in [7, 11) is 0. The Bertz CT molecular complexity index is 280. The number of amides is 1. The lowest BCUT2D eigenvalue weighted by Crippen LogP contribution is -2.27. The highest BCUT2D eigenvalue weighted by atomic mass is 16.2. The van der Waals surface area contributed by atoms with E-state index in [0.29, 0.717) is 13.1 Å². The molecule has 0 radical (unpaired) electrons. The first kappa shape index (κ1) is 9.46. The highest BCUT2D eigenvalue weighted by Gasteiger charge is 2.34. The molecule has 0 aliphatic carbocycles. The van der Waals surface area contributed by atoms with Crippen molar-refractivity contribution in [2.45, 2.75) is 0 Å². The minimum atomic E-state index is -0.360. The van der Waals surface area contributed by atoms with Crippen molar-refractivity contribution >= 4 is 12.2 Å². The summed E-state index contributed by atoms with van der Waals surface area (Å²) in [4.78, 5) is 23.1. The van der Waals surface area contributed by atoms with E-state index in [9.17, 15) is 9.59 Å². The zero-order valence-corrected chi connectivity index (χ0v) is 7.14. The molecule has 1 amide bonds. The number of nitriles is 1. The fourth-order valence-corrected chi connectivity index (χ4v) is 1.41. The molecule has 4 nitrogen and oxygen atoms in total. The minimum absolute atomic E-state index is 0.218. The highest BCUT2D eigenvalue weighted by molar-refractivity contribution is 5.87. The average molecular weight is 178 g/mol. The first-order valence-corrected chi connectivity index (χ1v) is 3.99. The zero-order valence-electron chi connectivity index (χ0n) is 7.14. The SMILES string of the molecule is C=CC(=O)N1CC(C#N)C(C=O)C1. The Balaban J connectivity index is 2.69. The van der Waals surface area contributed by atoms with Crippen LogP contribution in [0.25, 0.3) is 0 Å². The summed E-state index contributed by atoms with van der Waals surface area (Å²) >= 11 is 0. The Hall–Kier alpha value is -1.63. The zero-order chi connectivity index (χ0) is 9.84. The third kappa shape index (κ3) is 1.75. The van der Waals surface area contributed by atoms with Crippen LogP contribution in [-0.4, -0.2) is 30.2 Å². The Morgan fingerprint density at radius 2 is 2.31 bits per heavy atom. The van der Waals surface area contributed by atoms with E-state index in [4.69, 9.17) is 5.26 Å². The lowest BCUT2D eigenvalue weighted by Gasteiger charge is -2.11. The van der Waals surface area contributed by atoms with E-state index < -0.39 is 0 Å². The molecule has 1 saturated heterocycles. The molecule has 68 valence electrons. The summed E-state index contributed by atoms with van der Waals surface area (Å²) in [6.07, 6.45) is 1.94. The number of hydrogen-bond donors (Lipinski definition) is 0. The Morgan fingerprint density at radius 1 is 1.62 bits per heavy atom. The number of carbonyl (C=O) groups is 2. The summed E-state index contributed by atoms with van der Waals surface area (Å²) in [5.74, 6) is -0.917. The maximum absolute atomic E-state index is 11.1. The van der Waals surface area contributed by atoms with E-state index in [1.165, 1.54) is 11.0 Å². The van der Waals surface area contributed by atoms with Crippen LogP contribution in [0.15, 0.2) is 12.7 Å². The first-order valence-electron chi connectivity index (χ1n) is 3.99. The quantitative estimate of drug-likeness (QED) is 0.440. The molecule has 1 fully saturated rings. The first-order chi connectivity index (χ1) is 6.22. The molecule has 0 aromatic heterocycles. The van der Waals surface area contributed by atoms with Crippen LogP contribution in [0.2, 0.25) is 0 Å². The Labute approximate surface area is 76.4 Å². The van der Waals surface area contributed by atoms with E-state index in [0.717, 1.165) is 6.29 Å². The lowest BCUT2D eigenvalue weighted by molar-refractivity contribution is -0.125. The van der Waals surface area contributed by atoms with Gasteiger partial charge in [-0.25, -0.2) is 0 Å². The number of hydrogen-bond acceptors (Lipinski definition) is 3. The lowest BCUT2D eigenvalue weighted by atomic mass is 10.00. The van der Waals surface area contributed by atoms with Crippen LogP contribution < -0.4 is 0 Å². The van der Waals surface area contributed by atoms with Crippen molar-refractivity contribution in [1.29, 1.82) is 5.26 Å². The molecule has 0 N–H and O–H groups in total. The molecule has 1 aliphatic heterocycles. The van der Waals surface area contributed by atoms with Gasteiger partial charge in [0.25, 0.3) is 0 Å². The molecule has 4 heteroatoms. The van der Waals surface area contributed by atoms with E-state index >= 15 is 0 Å². The van der Waals surface area contributed by atoms with Crippen molar-refractivity contribution in [2.75, 3.05) is 13.1 Å². The van der Waals surface area contributed by atoms with Gasteiger partial charge in [-0.15, -0.1) is 0 Å². The van der Waals surface area contributed by atoms with Crippen molar-refractivity contribution in [2.24, 2.45) is 11.8 Å². The predicted octanol–water partition coefficient (Wildman–Crippen LogP) is -0.0305. The Morgan fingerprint density at radius 3 is 2.69 bits per heavy atom. The van der Waals surface area contributed by atoms with E-state index in [1.807, 2.05) is 6.07 Å². The fraction of sp³-hybridized carbons (Fsp3) is 0.444. The van der Waals surface area contributed by atoms with Gasteiger partial charge in [-0.1, -0.05) is 6.58 Å². The van der Waals surface area contributed by atoms with Crippen LogP contribution in [-0.2, 0) is 9.59 Å². The molecule has 0 saturated carbocycles. The molecule has 1 rings (SSSR count). The number of nitrogens with zero attached hydrogens (tertiary/aromatic N) is 2. The van der Waals surface area contributed by atoms with Gasteiger partial charge in [-0.3, -0.25) is 4.79 Å². The van der Waals surface area contributed by atoms with Gasteiger partial charge in [0.2, 0.25) is 5.91 Å². The van der Waals surface area contributed by atoms with Gasteiger partial charge >= 0.3 is 0 Å². The third-order valence-electron chi connectivity index (χ3n) is 2.19. The van der Waals surface area contributed by atoms with E-state index in [-0.39, 0.29) is 17.7 Å². The average Bonchev–Trinajstić information content (AvgIpc) is 2.59. The van der Waals surface area contributed by atoms with Crippen LogP contribution in [0.3, 0.4) is 0 Å². The van der Waals surface area contributed by atoms with Gasteiger partial charge in [0.15, 0.2) is 0 Å². The predicted molar refractivity (Wildman–Crippen MR) is 45.4 cm³/mol.